The van der Waals surface area contributed by atoms with Crippen LogP contribution in [0.1, 0.15) is 17.3 Å². The molecule has 1 aromatic carbocycles. The smallest absolute Gasteiger partial charge is 0.161 e. The maximum atomic E-state index is 13.1. The van der Waals surface area contributed by atoms with E-state index in [1.165, 1.54) is 19.1 Å². The highest BCUT2D eigenvalue weighted by molar-refractivity contribution is 5.94. The molecule has 0 saturated carbocycles. The molecule has 4 heteroatoms. The minimum absolute atomic E-state index is 0.0174. The van der Waals surface area contributed by atoms with Crippen molar-refractivity contribution in [1.29, 1.82) is 0 Å². The van der Waals surface area contributed by atoms with Crippen molar-refractivity contribution < 1.29 is 9.18 Å². The molecular weight excluding hydrogens is 255 g/mol. The van der Waals surface area contributed by atoms with Gasteiger partial charge < -0.3 is 0 Å². The van der Waals surface area contributed by atoms with Crippen molar-refractivity contribution in [2.24, 2.45) is 0 Å². The Morgan fingerprint density at radius 3 is 2.60 bits per heavy atom. The molecule has 0 N–H and O–H groups in total. The number of carbonyl (C=O) groups is 1. The molecule has 3 nitrogen and oxygen atoms in total. The van der Waals surface area contributed by atoms with Gasteiger partial charge in [-0.05, 0) is 37.3 Å². The normalized spacial score (nSPS) is 10.7. The summed E-state index contributed by atoms with van der Waals surface area (Å²) in [6.45, 7) is 1.50. The third kappa shape index (κ3) is 2.28. The zero-order chi connectivity index (χ0) is 14.1. The number of hydrogen-bond donors (Lipinski definition) is 0. The van der Waals surface area contributed by atoms with Crippen LogP contribution in [0.25, 0.3) is 22.2 Å². The molecule has 0 atom stereocenters. The fraction of sp³-hybridized carbons (Fsp3) is 0.0625. The molecule has 98 valence electrons. The molecule has 0 aliphatic rings. The SMILES string of the molecule is CC(=O)c1ccc(-c2cnc3cc(F)ccc3c2)nc1. The van der Waals surface area contributed by atoms with Gasteiger partial charge in [0.2, 0.25) is 0 Å². The third-order valence-electron chi connectivity index (χ3n) is 3.11. The van der Waals surface area contributed by atoms with E-state index < -0.39 is 0 Å². The second kappa shape index (κ2) is 4.81. The molecule has 20 heavy (non-hydrogen) atoms. The van der Waals surface area contributed by atoms with Crippen LogP contribution in [0.4, 0.5) is 4.39 Å². The Bertz CT molecular complexity index is 797. The van der Waals surface area contributed by atoms with Gasteiger partial charge >= 0.3 is 0 Å². The minimum Gasteiger partial charge on any atom is -0.294 e. The first kappa shape index (κ1) is 12.4. The number of pyridine rings is 2. The largest absolute Gasteiger partial charge is 0.294 e. The van der Waals surface area contributed by atoms with E-state index in [9.17, 15) is 9.18 Å². The summed E-state index contributed by atoms with van der Waals surface area (Å²) < 4.78 is 13.1. The average Bonchev–Trinajstić information content (AvgIpc) is 2.47. The van der Waals surface area contributed by atoms with Gasteiger partial charge in [0, 0.05) is 35.0 Å². The Labute approximate surface area is 115 Å². The van der Waals surface area contributed by atoms with Crippen molar-refractivity contribution in [2.45, 2.75) is 6.92 Å². The number of nitrogens with zero attached hydrogens (tertiary/aromatic N) is 2. The molecule has 0 fully saturated rings. The second-order valence-electron chi connectivity index (χ2n) is 4.55. The Morgan fingerprint density at radius 2 is 1.90 bits per heavy atom. The van der Waals surface area contributed by atoms with E-state index in [-0.39, 0.29) is 11.6 Å². The van der Waals surface area contributed by atoms with Gasteiger partial charge in [0.15, 0.2) is 5.78 Å². The number of carbonyl (C=O) groups excluding carboxylic acids is 1. The van der Waals surface area contributed by atoms with E-state index in [4.69, 9.17) is 0 Å². The van der Waals surface area contributed by atoms with Crippen LogP contribution in [0.5, 0.6) is 0 Å². The summed E-state index contributed by atoms with van der Waals surface area (Å²) in [5.41, 5.74) is 2.74. The van der Waals surface area contributed by atoms with E-state index in [0.29, 0.717) is 11.1 Å². The summed E-state index contributed by atoms with van der Waals surface area (Å²) in [5, 5.41) is 0.848. The lowest BCUT2D eigenvalue weighted by molar-refractivity contribution is 0.101. The van der Waals surface area contributed by atoms with E-state index in [2.05, 4.69) is 9.97 Å². The molecule has 0 aliphatic heterocycles. The molecule has 0 saturated heterocycles. The van der Waals surface area contributed by atoms with E-state index in [1.54, 1.807) is 30.6 Å². The number of benzene rings is 1. The number of hydrogen-bond acceptors (Lipinski definition) is 3. The highest BCUT2D eigenvalue weighted by Gasteiger charge is 2.05. The zero-order valence-corrected chi connectivity index (χ0v) is 10.8. The van der Waals surface area contributed by atoms with Gasteiger partial charge in [0.25, 0.3) is 0 Å². The van der Waals surface area contributed by atoms with Gasteiger partial charge in [-0.25, -0.2) is 4.39 Å². The summed E-state index contributed by atoms with van der Waals surface area (Å²) in [6.07, 6.45) is 3.20. The second-order valence-corrected chi connectivity index (χ2v) is 4.55. The third-order valence-corrected chi connectivity index (χ3v) is 3.11. The van der Waals surface area contributed by atoms with Crippen molar-refractivity contribution in [3.8, 4) is 11.3 Å². The minimum atomic E-state index is -0.304. The molecule has 3 rings (SSSR count). The summed E-state index contributed by atoms with van der Waals surface area (Å²) >= 11 is 0. The summed E-state index contributed by atoms with van der Waals surface area (Å²) in [4.78, 5) is 19.7. The van der Waals surface area contributed by atoms with Crippen molar-refractivity contribution in [1.82, 2.24) is 9.97 Å². The quantitative estimate of drug-likeness (QED) is 0.665. The molecule has 0 amide bonds. The first-order valence-corrected chi connectivity index (χ1v) is 6.16. The number of rotatable bonds is 2. The lowest BCUT2D eigenvalue weighted by Gasteiger charge is -2.03. The number of Topliss-reactive ketones (excluding diaryl/α,β-unsaturated/α-hetero) is 1. The van der Waals surface area contributed by atoms with Crippen molar-refractivity contribution >= 4 is 16.7 Å². The Balaban J connectivity index is 2.05. The maximum absolute atomic E-state index is 13.1. The lowest BCUT2D eigenvalue weighted by Crippen LogP contribution is -1.94. The van der Waals surface area contributed by atoms with Gasteiger partial charge in [-0.1, -0.05) is 0 Å². The fourth-order valence-electron chi connectivity index (χ4n) is 2.01. The summed E-state index contributed by atoms with van der Waals surface area (Å²) in [7, 11) is 0. The van der Waals surface area contributed by atoms with Crippen LogP contribution in [0.3, 0.4) is 0 Å². The Hall–Kier alpha value is -2.62. The van der Waals surface area contributed by atoms with Crippen molar-refractivity contribution in [3.05, 3.63) is 60.2 Å². The molecule has 0 unspecified atom stereocenters. The van der Waals surface area contributed by atoms with E-state index >= 15 is 0 Å². The molecule has 0 aliphatic carbocycles. The van der Waals surface area contributed by atoms with Crippen LogP contribution >= 0.6 is 0 Å². The number of aromatic nitrogens is 2. The van der Waals surface area contributed by atoms with Crippen LogP contribution < -0.4 is 0 Å². The highest BCUT2D eigenvalue weighted by atomic mass is 19.1. The Morgan fingerprint density at radius 1 is 1.05 bits per heavy atom. The fourth-order valence-corrected chi connectivity index (χ4v) is 2.01. The van der Waals surface area contributed by atoms with Crippen LogP contribution in [0, 0.1) is 5.82 Å². The molecule has 2 heterocycles. The predicted molar refractivity (Wildman–Crippen MR) is 74.9 cm³/mol. The van der Waals surface area contributed by atoms with E-state index in [0.717, 1.165) is 16.6 Å². The molecule has 0 bridgehead atoms. The van der Waals surface area contributed by atoms with E-state index in [1.807, 2.05) is 6.07 Å². The summed E-state index contributed by atoms with van der Waals surface area (Å²) in [6, 6.07) is 9.90. The Kier molecular flexibility index (Phi) is 2.99. The number of ketones is 1. The first-order chi connectivity index (χ1) is 9.63. The molecule has 3 aromatic rings. The first-order valence-electron chi connectivity index (χ1n) is 6.16. The lowest BCUT2D eigenvalue weighted by atomic mass is 10.1. The molecule has 0 spiro atoms. The number of halogens is 1. The van der Waals surface area contributed by atoms with Crippen LogP contribution in [-0.2, 0) is 0 Å². The van der Waals surface area contributed by atoms with Gasteiger partial charge in [-0.15, -0.1) is 0 Å². The molecular formula is C16H11FN2O. The zero-order valence-electron chi connectivity index (χ0n) is 10.8. The molecule has 2 aromatic heterocycles. The highest BCUT2D eigenvalue weighted by Crippen LogP contribution is 2.21. The number of fused-ring (bicyclic) bond motifs is 1. The molecule has 0 radical (unpaired) electrons. The van der Waals surface area contributed by atoms with Gasteiger partial charge in [-0.3, -0.25) is 14.8 Å². The average molecular weight is 266 g/mol. The van der Waals surface area contributed by atoms with Crippen LogP contribution in [-0.4, -0.2) is 15.8 Å². The standard InChI is InChI=1S/C16H11FN2O/c1-10(20)12-3-5-15(18-8-12)13-6-11-2-4-14(17)7-16(11)19-9-13/h2-9H,1H3. The van der Waals surface area contributed by atoms with Crippen LogP contribution in [0.15, 0.2) is 48.8 Å². The summed E-state index contributed by atoms with van der Waals surface area (Å²) in [5.74, 6) is -0.321. The van der Waals surface area contributed by atoms with Crippen LogP contribution in [0.2, 0.25) is 0 Å². The maximum Gasteiger partial charge on any atom is 0.161 e. The van der Waals surface area contributed by atoms with Crippen molar-refractivity contribution in [3.63, 3.8) is 0 Å². The van der Waals surface area contributed by atoms with Gasteiger partial charge in [0.1, 0.15) is 5.82 Å². The topological polar surface area (TPSA) is 42.9 Å². The monoisotopic (exact) mass is 266 g/mol. The predicted octanol–water partition coefficient (Wildman–Crippen LogP) is 3.64. The van der Waals surface area contributed by atoms with Gasteiger partial charge in [0.05, 0.1) is 11.2 Å². The van der Waals surface area contributed by atoms with Crippen molar-refractivity contribution in [2.75, 3.05) is 0 Å². The van der Waals surface area contributed by atoms with Gasteiger partial charge in [-0.2, -0.15) is 0 Å².